The molecule has 0 nitrogen and oxygen atoms in total. The Morgan fingerprint density at radius 3 is 1.86 bits per heavy atom. The Bertz CT molecular complexity index is 131. The third-order valence-electron chi connectivity index (χ3n) is 1.80. The molecular formula is C7H8. The molecule has 2 rings (SSSR count). The van der Waals surface area contributed by atoms with Crippen molar-refractivity contribution in [2.24, 2.45) is 0 Å². The fraction of sp³-hybridized carbons (Fsp3) is 0.429. The monoisotopic (exact) mass is 92.1 g/mol. The minimum absolute atomic E-state index is 1.21. The van der Waals surface area contributed by atoms with E-state index in [2.05, 4.69) is 12.2 Å². The van der Waals surface area contributed by atoms with E-state index in [-0.39, 0.29) is 0 Å². The van der Waals surface area contributed by atoms with E-state index in [1.54, 1.807) is 11.1 Å². The van der Waals surface area contributed by atoms with Gasteiger partial charge in [0.05, 0.1) is 0 Å². The van der Waals surface area contributed by atoms with Gasteiger partial charge in [0, 0.05) is 0 Å². The summed E-state index contributed by atoms with van der Waals surface area (Å²) < 4.78 is 0. The van der Waals surface area contributed by atoms with Gasteiger partial charge in [0.2, 0.25) is 0 Å². The van der Waals surface area contributed by atoms with Crippen LogP contribution in [0.2, 0.25) is 0 Å². The lowest BCUT2D eigenvalue weighted by atomic mass is 9.89. The van der Waals surface area contributed by atoms with Crippen molar-refractivity contribution in [3.05, 3.63) is 23.3 Å². The standard InChI is InChI=1S/C7H8/c1-2-6-4-5-7(6)3-1/h2-3H,1,4-5H2. The molecule has 0 heteroatoms. The molecule has 2 aliphatic carbocycles. The Hall–Kier alpha value is -0.520. The highest BCUT2D eigenvalue weighted by Gasteiger charge is 2.17. The molecule has 0 saturated heterocycles. The summed E-state index contributed by atoms with van der Waals surface area (Å²) in [5, 5.41) is 0. The van der Waals surface area contributed by atoms with Crippen LogP contribution >= 0.6 is 0 Å². The second kappa shape index (κ2) is 1.00. The molecule has 0 aromatic rings. The quantitative estimate of drug-likeness (QED) is 0.429. The van der Waals surface area contributed by atoms with Crippen LogP contribution in [0.3, 0.4) is 0 Å². The molecule has 0 atom stereocenters. The maximum atomic E-state index is 2.33. The van der Waals surface area contributed by atoms with Gasteiger partial charge in [-0.3, -0.25) is 0 Å². The van der Waals surface area contributed by atoms with Gasteiger partial charge >= 0.3 is 0 Å². The molecule has 36 valence electrons. The van der Waals surface area contributed by atoms with Gasteiger partial charge in [-0.25, -0.2) is 0 Å². The van der Waals surface area contributed by atoms with E-state index in [1.165, 1.54) is 19.3 Å². The SMILES string of the molecule is C1=C2CCC2=CC1. The van der Waals surface area contributed by atoms with Gasteiger partial charge in [0.1, 0.15) is 0 Å². The van der Waals surface area contributed by atoms with Crippen LogP contribution in [0.4, 0.5) is 0 Å². The first-order chi connectivity index (χ1) is 3.47. The molecule has 2 aliphatic rings. The molecule has 0 aromatic heterocycles. The van der Waals surface area contributed by atoms with Crippen LogP contribution in [0.15, 0.2) is 23.3 Å². The van der Waals surface area contributed by atoms with E-state index in [0.29, 0.717) is 0 Å². The number of hydrogen-bond acceptors (Lipinski definition) is 0. The van der Waals surface area contributed by atoms with Crippen molar-refractivity contribution < 1.29 is 0 Å². The predicted octanol–water partition coefficient (Wildman–Crippen LogP) is 2.04. The highest BCUT2D eigenvalue weighted by atomic mass is 14.2. The average molecular weight is 92.1 g/mol. The molecule has 0 spiro atoms. The number of allylic oxidation sites excluding steroid dienone is 4. The average Bonchev–Trinajstić information content (AvgIpc) is 1.85. The van der Waals surface area contributed by atoms with Gasteiger partial charge in [-0.2, -0.15) is 0 Å². The van der Waals surface area contributed by atoms with E-state index in [0.717, 1.165) is 0 Å². The summed E-state index contributed by atoms with van der Waals surface area (Å²) in [5.41, 5.74) is 3.25. The normalized spacial score (nSPS) is 25.1. The van der Waals surface area contributed by atoms with Gasteiger partial charge in [0.25, 0.3) is 0 Å². The fourth-order valence-electron chi connectivity index (χ4n) is 1.22. The first kappa shape index (κ1) is 3.48. The van der Waals surface area contributed by atoms with Crippen molar-refractivity contribution in [1.29, 1.82) is 0 Å². The van der Waals surface area contributed by atoms with Crippen molar-refractivity contribution in [3.8, 4) is 0 Å². The molecule has 7 heavy (non-hydrogen) atoms. The third-order valence-corrected chi connectivity index (χ3v) is 1.80. The van der Waals surface area contributed by atoms with Crippen LogP contribution in [0, 0.1) is 0 Å². The second-order valence-corrected chi connectivity index (χ2v) is 2.19. The van der Waals surface area contributed by atoms with E-state index in [4.69, 9.17) is 0 Å². The minimum atomic E-state index is 1.21. The first-order valence-corrected chi connectivity index (χ1v) is 2.85. The van der Waals surface area contributed by atoms with E-state index in [9.17, 15) is 0 Å². The molecule has 0 N–H and O–H groups in total. The summed E-state index contributed by atoms with van der Waals surface area (Å²) in [4.78, 5) is 0. The van der Waals surface area contributed by atoms with Crippen LogP contribution in [-0.4, -0.2) is 0 Å². The van der Waals surface area contributed by atoms with Crippen molar-refractivity contribution in [2.45, 2.75) is 19.3 Å². The van der Waals surface area contributed by atoms with Crippen LogP contribution in [0.5, 0.6) is 0 Å². The van der Waals surface area contributed by atoms with Crippen LogP contribution in [0.25, 0.3) is 0 Å². The van der Waals surface area contributed by atoms with Gasteiger partial charge in [-0.15, -0.1) is 0 Å². The van der Waals surface area contributed by atoms with E-state index < -0.39 is 0 Å². The third kappa shape index (κ3) is 0.317. The number of rotatable bonds is 0. The zero-order chi connectivity index (χ0) is 4.69. The Morgan fingerprint density at radius 1 is 1.00 bits per heavy atom. The molecule has 0 heterocycles. The molecule has 0 radical (unpaired) electrons. The van der Waals surface area contributed by atoms with Gasteiger partial charge in [-0.1, -0.05) is 12.2 Å². The molecule has 1 fully saturated rings. The van der Waals surface area contributed by atoms with Crippen LogP contribution < -0.4 is 0 Å². The topological polar surface area (TPSA) is 0 Å². The number of hydrogen-bond donors (Lipinski definition) is 0. The maximum absolute atomic E-state index is 2.33. The largest absolute Gasteiger partial charge is 0.0772 e. The smallest absolute Gasteiger partial charge is 0.0157 e. The van der Waals surface area contributed by atoms with Crippen molar-refractivity contribution >= 4 is 0 Å². The molecule has 0 unspecified atom stereocenters. The van der Waals surface area contributed by atoms with Crippen molar-refractivity contribution in [1.82, 2.24) is 0 Å². The lowest BCUT2D eigenvalue weighted by molar-refractivity contribution is 0.834. The van der Waals surface area contributed by atoms with Crippen LogP contribution in [-0.2, 0) is 0 Å². The van der Waals surface area contributed by atoms with Crippen molar-refractivity contribution in [2.75, 3.05) is 0 Å². The molecule has 0 amide bonds. The minimum Gasteiger partial charge on any atom is -0.0772 e. The summed E-state index contributed by atoms with van der Waals surface area (Å²) in [7, 11) is 0. The predicted molar refractivity (Wildman–Crippen MR) is 30.0 cm³/mol. The summed E-state index contributed by atoms with van der Waals surface area (Å²) in [5.74, 6) is 0. The lowest BCUT2D eigenvalue weighted by Crippen LogP contribution is -1.97. The highest BCUT2D eigenvalue weighted by molar-refractivity contribution is 5.44. The van der Waals surface area contributed by atoms with E-state index >= 15 is 0 Å². The zero-order valence-electron chi connectivity index (χ0n) is 4.28. The fourth-order valence-corrected chi connectivity index (χ4v) is 1.22. The molecule has 1 saturated carbocycles. The summed E-state index contributed by atoms with van der Waals surface area (Å²) >= 11 is 0. The zero-order valence-corrected chi connectivity index (χ0v) is 4.28. The molecule has 0 aromatic carbocycles. The van der Waals surface area contributed by atoms with E-state index in [1.807, 2.05) is 0 Å². The first-order valence-electron chi connectivity index (χ1n) is 2.85. The second-order valence-electron chi connectivity index (χ2n) is 2.19. The molecule has 0 aliphatic heterocycles. The molecule has 0 bridgehead atoms. The Morgan fingerprint density at radius 2 is 1.57 bits per heavy atom. The van der Waals surface area contributed by atoms with Gasteiger partial charge in [-0.05, 0) is 30.4 Å². The Kier molecular flexibility index (Phi) is 0.498. The summed E-state index contributed by atoms with van der Waals surface area (Å²) in [6.45, 7) is 0. The lowest BCUT2D eigenvalue weighted by Gasteiger charge is -2.16. The van der Waals surface area contributed by atoms with Crippen molar-refractivity contribution in [3.63, 3.8) is 0 Å². The van der Waals surface area contributed by atoms with Gasteiger partial charge in [0.15, 0.2) is 0 Å². The summed E-state index contributed by atoms with van der Waals surface area (Å²) in [6.07, 6.45) is 8.58. The molecular weight excluding hydrogens is 84.1 g/mol. The highest BCUT2D eigenvalue weighted by Crippen LogP contribution is 2.36. The Balaban J connectivity index is 2.42. The maximum Gasteiger partial charge on any atom is -0.0157 e. The summed E-state index contributed by atoms with van der Waals surface area (Å²) in [6, 6.07) is 0. The van der Waals surface area contributed by atoms with Crippen LogP contribution in [0.1, 0.15) is 19.3 Å². The Labute approximate surface area is 43.5 Å². The van der Waals surface area contributed by atoms with Gasteiger partial charge < -0.3 is 0 Å². The number of fused-ring (bicyclic) bond motifs is 1.